The molecule has 0 saturated heterocycles. The van der Waals surface area contributed by atoms with Gasteiger partial charge in [0, 0.05) is 12.6 Å². The maximum atomic E-state index is 13.7. The molecule has 8 heteroatoms. The molecule has 0 aliphatic carbocycles. The number of nitrogens with one attached hydrogen (secondary N) is 1. The van der Waals surface area contributed by atoms with Crippen molar-refractivity contribution in [3.05, 3.63) is 67.9 Å². The summed E-state index contributed by atoms with van der Waals surface area (Å²) in [5.41, 5.74) is -0.572. The van der Waals surface area contributed by atoms with Crippen LogP contribution in [-0.4, -0.2) is 4.92 Å². The molecule has 21 heavy (non-hydrogen) atoms. The average molecular weight is 361 g/mol. The van der Waals surface area contributed by atoms with Crippen LogP contribution in [0.1, 0.15) is 5.56 Å². The van der Waals surface area contributed by atoms with Crippen molar-refractivity contribution in [3.8, 4) is 0 Å². The van der Waals surface area contributed by atoms with Crippen molar-refractivity contribution < 1.29 is 18.1 Å². The van der Waals surface area contributed by atoms with E-state index < -0.39 is 33.7 Å². The van der Waals surface area contributed by atoms with E-state index in [-0.39, 0.29) is 11.0 Å². The Labute approximate surface area is 125 Å². The van der Waals surface area contributed by atoms with Gasteiger partial charge in [0.25, 0.3) is 5.69 Å². The highest BCUT2D eigenvalue weighted by Gasteiger charge is 2.21. The first kappa shape index (κ1) is 15.3. The maximum Gasteiger partial charge on any atom is 0.295 e. The lowest BCUT2D eigenvalue weighted by Gasteiger charge is -2.09. The third-order valence-corrected chi connectivity index (χ3v) is 3.33. The van der Waals surface area contributed by atoms with Gasteiger partial charge in [-0.1, -0.05) is 6.07 Å². The molecule has 4 nitrogen and oxygen atoms in total. The summed E-state index contributed by atoms with van der Waals surface area (Å²) in [6.07, 6.45) is 0. The molecule has 0 bridgehead atoms. The normalized spacial score (nSPS) is 10.5. The number of rotatable bonds is 4. The Morgan fingerprint density at radius 1 is 1.14 bits per heavy atom. The largest absolute Gasteiger partial charge is 0.373 e. The van der Waals surface area contributed by atoms with Crippen LogP contribution in [0.4, 0.5) is 24.5 Å². The minimum absolute atomic E-state index is 0.0277. The minimum atomic E-state index is -1.33. The van der Waals surface area contributed by atoms with Gasteiger partial charge in [-0.25, -0.2) is 13.2 Å². The third kappa shape index (κ3) is 3.33. The third-order valence-electron chi connectivity index (χ3n) is 2.72. The second-order valence-corrected chi connectivity index (χ2v) is 4.97. The van der Waals surface area contributed by atoms with Gasteiger partial charge in [-0.3, -0.25) is 10.1 Å². The Balaban J connectivity index is 2.28. The lowest BCUT2D eigenvalue weighted by Crippen LogP contribution is -2.06. The van der Waals surface area contributed by atoms with Crippen molar-refractivity contribution in [1.82, 2.24) is 0 Å². The molecule has 0 unspecified atom stereocenters. The van der Waals surface area contributed by atoms with Crippen LogP contribution in [0.25, 0.3) is 0 Å². The SMILES string of the molecule is O=[N+]([O-])c1ccc(F)c(F)c1NCc1ccc(F)c(Br)c1. The molecule has 0 heterocycles. The summed E-state index contributed by atoms with van der Waals surface area (Å²) in [7, 11) is 0. The van der Waals surface area contributed by atoms with Crippen molar-refractivity contribution >= 4 is 27.3 Å². The zero-order valence-electron chi connectivity index (χ0n) is 10.4. The fourth-order valence-corrected chi connectivity index (χ4v) is 2.13. The standard InChI is InChI=1S/C13H8BrF3N2O2/c14-8-5-7(1-2-9(8)15)6-18-13-11(19(20)21)4-3-10(16)12(13)17/h1-5,18H,6H2. The van der Waals surface area contributed by atoms with Crippen molar-refractivity contribution in [2.24, 2.45) is 0 Å². The van der Waals surface area contributed by atoms with Crippen LogP contribution in [-0.2, 0) is 6.54 Å². The zero-order valence-corrected chi connectivity index (χ0v) is 12.0. The van der Waals surface area contributed by atoms with E-state index in [9.17, 15) is 23.3 Å². The number of halogens is 4. The van der Waals surface area contributed by atoms with E-state index >= 15 is 0 Å². The van der Waals surface area contributed by atoms with Crippen LogP contribution >= 0.6 is 15.9 Å². The first-order chi connectivity index (χ1) is 9.90. The monoisotopic (exact) mass is 360 g/mol. The van der Waals surface area contributed by atoms with E-state index in [1.807, 2.05) is 0 Å². The molecule has 2 aromatic carbocycles. The van der Waals surface area contributed by atoms with Gasteiger partial charge < -0.3 is 5.32 Å². The molecule has 0 aromatic heterocycles. The van der Waals surface area contributed by atoms with Gasteiger partial charge in [0.1, 0.15) is 5.82 Å². The highest BCUT2D eigenvalue weighted by Crippen LogP contribution is 2.29. The summed E-state index contributed by atoms with van der Waals surface area (Å²) < 4.78 is 40.1. The van der Waals surface area contributed by atoms with Gasteiger partial charge in [0.05, 0.1) is 9.40 Å². The molecule has 110 valence electrons. The molecule has 0 atom stereocenters. The van der Waals surface area contributed by atoms with Crippen molar-refractivity contribution in [2.45, 2.75) is 6.54 Å². The smallest absolute Gasteiger partial charge is 0.295 e. The number of nitro groups is 1. The molecule has 0 radical (unpaired) electrons. The lowest BCUT2D eigenvalue weighted by molar-refractivity contribution is -0.384. The summed E-state index contributed by atoms with van der Waals surface area (Å²) in [6, 6.07) is 5.62. The van der Waals surface area contributed by atoms with E-state index in [1.54, 1.807) is 0 Å². The van der Waals surface area contributed by atoms with Gasteiger partial charge in [0.2, 0.25) is 0 Å². The van der Waals surface area contributed by atoms with E-state index in [0.29, 0.717) is 11.6 Å². The number of nitro benzene ring substituents is 1. The van der Waals surface area contributed by atoms with E-state index in [1.165, 1.54) is 18.2 Å². The van der Waals surface area contributed by atoms with Crippen LogP contribution in [0.15, 0.2) is 34.8 Å². The number of hydrogen-bond acceptors (Lipinski definition) is 3. The topological polar surface area (TPSA) is 55.2 Å². The van der Waals surface area contributed by atoms with E-state index in [0.717, 1.165) is 6.07 Å². The molecule has 0 spiro atoms. The summed E-state index contributed by atoms with van der Waals surface area (Å²) >= 11 is 2.99. The first-order valence-electron chi connectivity index (χ1n) is 5.70. The summed E-state index contributed by atoms with van der Waals surface area (Å²) in [4.78, 5) is 10.0. The second kappa shape index (κ2) is 6.13. The highest BCUT2D eigenvalue weighted by atomic mass is 79.9. The van der Waals surface area contributed by atoms with Crippen molar-refractivity contribution in [3.63, 3.8) is 0 Å². The molecule has 0 fully saturated rings. The Bertz CT molecular complexity index is 710. The average Bonchev–Trinajstić information content (AvgIpc) is 2.43. The quantitative estimate of drug-likeness (QED) is 0.649. The lowest BCUT2D eigenvalue weighted by atomic mass is 10.2. The summed E-state index contributed by atoms with van der Waals surface area (Å²) in [5.74, 6) is -2.99. The summed E-state index contributed by atoms with van der Waals surface area (Å²) in [5, 5.41) is 13.3. The molecule has 2 rings (SSSR count). The van der Waals surface area contributed by atoms with Crippen LogP contribution in [0.2, 0.25) is 0 Å². The predicted molar refractivity (Wildman–Crippen MR) is 74.4 cm³/mol. The molecule has 0 aliphatic rings. The first-order valence-corrected chi connectivity index (χ1v) is 6.49. The Kier molecular flexibility index (Phi) is 4.46. The number of anilines is 1. The van der Waals surface area contributed by atoms with Crippen molar-refractivity contribution in [2.75, 3.05) is 5.32 Å². The number of nitrogens with zero attached hydrogens (tertiary/aromatic N) is 1. The van der Waals surface area contributed by atoms with Crippen LogP contribution in [0, 0.1) is 27.6 Å². The van der Waals surface area contributed by atoms with Crippen LogP contribution < -0.4 is 5.32 Å². The van der Waals surface area contributed by atoms with Crippen molar-refractivity contribution in [1.29, 1.82) is 0 Å². The Morgan fingerprint density at radius 2 is 1.81 bits per heavy atom. The molecular weight excluding hydrogens is 353 g/mol. The second-order valence-electron chi connectivity index (χ2n) is 4.11. The van der Waals surface area contributed by atoms with E-state index in [2.05, 4.69) is 21.2 Å². The highest BCUT2D eigenvalue weighted by molar-refractivity contribution is 9.10. The fraction of sp³-hybridized carbons (Fsp3) is 0.0769. The molecule has 0 amide bonds. The van der Waals surface area contributed by atoms with Gasteiger partial charge in [-0.15, -0.1) is 0 Å². The Hall–Kier alpha value is -2.09. The van der Waals surface area contributed by atoms with Crippen LogP contribution in [0.3, 0.4) is 0 Å². The zero-order chi connectivity index (χ0) is 15.6. The van der Waals surface area contributed by atoms with Gasteiger partial charge in [-0.05, 0) is 39.7 Å². The summed E-state index contributed by atoms with van der Waals surface area (Å²) in [6.45, 7) is -0.0277. The van der Waals surface area contributed by atoms with Gasteiger partial charge in [0.15, 0.2) is 17.3 Å². The van der Waals surface area contributed by atoms with Gasteiger partial charge in [-0.2, -0.15) is 0 Å². The maximum absolute atomic E-state index is 13.7. The molecule has 0 saturated carbocycles. The molecule has 0 aliphatic heterocycles. The molecule has 2 aromatic rings. The van der Waals surface area contributed by atoms with Gasteiger partial charge >= 0.3 is 0 Å². The van der Waals surface area contributed by atoms with Crippen LogP contribution in [0.5, 0.6) is 0 Å². The predicted octanol–water partition coefficient (Wildman–Crippen LogP) is 4.39. The Morgan fingerprint density at radius 3 is 2.43 bits per heavy atom. The van der Waals surface area contributed by atoms with E-state index in [4.69, 9.17) is 0 Å². The minimum Gasteiger partial charge on any atom is -0.373 e. The molecule has 1 N–H and O–H groups in total. The fourth-order valence-electron chi connectivity index (χ4n) is 1.70. The molecular formula is C13H8BrF3N2O2. The number of benzene rings is 2. The number of hydrogen-bond donors (Lipinski definition) is 1.